The van der Waals surface area contributed by atoms with Crippen molar-refractivity contribution in [3.8, 4) is 17.2 Å². The summed E-state index contributed by atoms with van der Waals surface area (Å²) in [6, 6.07) is 23.3. The van der Waals surface area contributed by atoms with Crippen LogP contribution in [0.4, 0.5) is 16.2 Å². The minimum Gasteiger partial charge on any atom is -0.494 e. The molecule has 1 atom stereocenters. The van der Waals surface area contributed by atoms with Crippen LogP contribution in [0.3, 0.4) is 0 Å². The number of urea groups is 1. The number of anilines is 2. The maximum absolute atomic E-state index is 12.4. The third kappa shape index (κ3) is 5.37. The van der Waals surface area contributed by atoms with Crippen molar-refractivity contribution in [2.24, 2.45) is 0 Å². The Bertz CT molecular complexity index is 1050. The van der Waals surface area contributed by atoms with Crippen molar-refractivity contribution in [2.45, 2.75) is 19.4 Å². The highest BCUT2D eigenvalue weighted by Gasteiger charge is 2.31. The van der Waals surface area contributed by atoms with E-state index in [0.717, 1.165) is 17.2 Å². The molecule has 0 bridgehead atoms. The van der Waals surface area contributed by atoms with Crippen LogP contribution in [0.25, 0.3) is 0 Å². The van der Waals surface area contributed by atoms with Gasteiger partial charge in [-0.25, -0.2) is 4.79 Å². The third-order valence-electron chi connectivity index (χ3n) is 5.01. The van der Waals surface area contributed by atoms with Gasteiger partial charge in [0.05, 0.1) is 12.6 Å². The molecule has 0 radical (unpaired) electrons. The number of nitrogens with one attached hydrogen (secondary N) is 2. The van der Waals surface area contributed by atoms with E-state index in [4.69, 9.17) is 9.47 Å². The first kappa shape index (κ1) is 21.2. The van der Waals surface area contributed by atoms with Crippen LogP contribution in [0.1, 0.15) is 13.3 Å². The fraction of sp³-hybridized carbons (Fsp3) is 0.200. The largest absolute Gasteiger partial charge is 0.494 e. The van der Waals surface area contributed by atoms with Crippen LogP contribution in [0.2, 0.25) is 0 Å². The molecule has 1 saturated heterocycles. The molecule has 7 nitrogen and oxygen atoms in total. The van der Waals surface area contributed by atoms with Gasteiger partial charge in [0, 0.05) is 24.3 Å². The summed E-state index contributed by atoms with van der Waals surface area (Å²) in [6.45, 7) is 2.93. The minimum atomic E-state index is -0.354. The van der Waals surface area contributed by atoms with Gasteiger partial charge in [0.25, 0.3) is 0 Å². The molecule has 1 fully saturated rings. The summed E-state index contributed by atoms with van der Waals surface area (Å²) in [5.41, 5.74) is 1.42. The van der Waals surface area contributed by atoms with Crippen molar-refractivity contribution in [3.05, 3.63) is 78.9 Å². The predicted octanol–water partition coefficient (Wildman–Crippen LogP) is 4.80. The molecule has 4 rings (SSSR count). The van der Waals surface area contributed by atoms with Gasteiger partial charge in [0.1, 0.15) is 17.2 Å². The van der Waals surface area contributed by atoms with Crippen LogP contribution >= 0.6 is 0 Å². The van der Waals surface area contributed by atoms with Gasteiger partial charge >= 0.3 is 6.03 Å². The zero-order chi connectivity index (χ0) is 22.3. The first-order valence-electron chi connectivity index (χ1n) is 10.5. The second kappa shape index (κ2) is 9.87. The summed E-state index contributed by atoms with van der Waals surface area (Å²) in [7, 11) is 0. The fourth-order valence-corrected chi connectivity index (χ4v) is 3.53. The van der Waals surface area contributed by atoms with E-state index in [1.165, 1.54) is 0 Å². The van der Waals surface area contributed by atoms with E-state index in [1.807, 2.05) is 61.5 Å². The van der Waals surface area contributed by atoms with Crippen LogP contribution in [-0.4, -0.2) is 31.1 Å². The first-order chi connectivity index (χ1) is 15.6. The first-order valence-corrected chi connectivity index (χ1v) is 10.5. The molecule has 0 aromatic heterocycles. The Morgan fingerprint density at radius 3 is 2.28 bits per heavy atom. The Morgan fingerprint density at radius 1 is 0.938 bits per heavy atom. The Labute approximate surface area is 187 Å². The summed E-state index contributed by atoms with van der Waals surface area (Å²) in [5, 5.41) is 5.67. The highest BCUT2D eigenvalue weighted by Crippen LogP contribution is 2.25. The molecule has 3 amide bonds. The molecule has 164 valence electrons. The SMILES string of the molecule is CCOc1ccc(N2CC(NC(=O)Nc3ccc(Oc4ccccc4)cc3)CC2=O)cc1. The molecule has 0 saturated carbocycles. The van der Waals surface area contributed by atoms with Crippen molar-refractivity contribution in [1.82, 2.24) is 5.32 Å². The van der Waals surface area contributed by atoms with Gasteiger partial charge in [-0.2, -0.15) is 0 Å². The van der Waals surface area contributed by atoms with Crippen molar-refractivity contribution in [2.75, 3.05) is 23.4 Å². The van der Waals surface area contributed by atoms with Gasteiger partial charge in [-0.15, -0.1) is 0 Å². The van der Waals surface area contributed by atoms with E-state index in [2.05, 4.69) is 10.6 Å². The molecule has 1 heterocycles. The maximum atomic E-state index is 12.4. The van der Waals surface area contributed by atoms with E-state index < -0.39 is 0 Å². The molecule has 1 aliphatic rings. The van der Waals surface area contributed by atoms with Gasteiger partial charge in [-0.05, 0) is 67.6 Å². The van der Waals surface area contributed by atoms with Gasteiger partial charge < -0.3 is 25.0 Å². The Morgan fingerprint density at radius 2 is 1.59 bits per heavy atom. The number of benzene rings is 3. The Hall–Kier alpha value is -4.00. The van der Waals surface area contributed by atoms with E-state index in [0.29, 0.717) is 24.6 Å². The van der Waals surface area contributed by atoms with Crippen molar-refractivity contribution >= 4 is 23.3 Å². The lowest BCUT2D eigenvalue weighted by Crippen LogP contribution is -2.39. The normalized spacial score (nSPS) is 15.3. The third-order valence-corrected chi connectivity index (χ3v) is 5.01. The average molecular weight is 431 g/mol. The highest BCUT2D eigenvalue weighted by atomic mass is 16.5. The molecular weight excluding hydrogens is 406 g/mol. The molecule has 0 aliphatic carbocycles. The standard InChI is InChI=1S/C25H25N3O4/c1-2-31-21-14-10-20(11-15-21)28-17-19(16-24(28)29)27-25(30)26-18-8-12-23(13-9-18)32-22-6-4-3-5-7-22/h3-15,19H,2,16-17H2,1H3,(H2,26,27,30). The number of hydrogen-bond donors (Lipinski definition) is 2. The number of ether oxygens (including phenoxy) is 2. The molecule has 1 unspecified atom stereocenters. The second-order valence-electron chi connectivity index (χ2n) is 7.37. The Balaban J connectivity index is 1.29. The zero-order valence-corrected chi connectivity index (χ0v) is 17.8. The van der Waals surface area contributed by atoms with Crippen LogP contribution < -0.4 is 25.0 Å². The lowest BCUT2D eigenvalue weighted by molar-refractivity contribution is -0.117. The van der Waals surface area contributed by atoms with E-state index in [-0.39, 0.29) is 24.4 Å². The molecule has 1 aliphatic heterocycles. The molecule has 2 N–H and O–H groups in total. The summed E-state index contributed by atoms with van der Waals surface area (Å²) in [5.74, 6) is 2.16. The lowest BCUT2D eigenvalue weighted by atomic mass is 10.2. The molecule has 0 spiro atoms. The molecule has 3 aromatic carbocycles. The number of amides is 3. The number of rotatable bonds is 7. The molecule has 3 aromatic rings. The molecule has 32 heavy (non-hydrogen) atoms. The summed E-state index contributed by atoms with van der Waals surface area (Å²) in [4.78, 5) is 26.5. The zero-order valence-electron chi connectivity index (χ0n) is 17.8. The fourth-order valence-electron chi connectivity index (χ4n) is 3.53. The average Bonchev–Trinajstić information content (AvgIpc) is 3.16. The number of hydrogen-bond acceptors (Lipinski definition) is 4. The van der Waals surface area contributed by atoms with E-state index >= 15 is 0 Å². The van der Waals surface area contributed by atoms with Crippen molar-refractivity contribution < 1.29 is 19.1 Å². The van der Waals surface area contributed by atoms with Crippen molar-refractivity contribution in [1.29, 1.82) is 0 Å². The van der Waals surface area contributed by atoms with E-state index in [9.17, 15) is 9.59 Å². The smallest absolute Gasteiger partial charge is 0.319 e. The topological polar surface area (TPSA) is 79.9 Å². The summed E-state index contributed by atoms with van der Waals surface area (Å²) >= 11 is 0. The van der Waals surface area contributed by atoms with Gasteiger partial charge in [0.15, 0.2) is 0 Å². The molecular formula is C25H25N3O4. The van der Waals surface area contributed by atoms with E-state index in [1.54, 1.807) is 29.2 Å². The number of para-hydroxylation sites is 1. The predicted molar refractivity (Wildman–Crippen MR) is 123 cm³/mol. The van der Waals surface area contributed by atoms with Gasteiger partial charge in [-0.1, -0.05) is 18.2 Å². The number of nitrogens with zero attached hydrogens (tertiary/aromatic N) is 1. The lowest BCUT2D eigenvalue weighted by Gasteiger charge is -2.18. The summed E-state index contributed by atoms with van der Waals surface area (Å²) < 4.78 is 11.2. The van der Waals surface area contributed by atoms with Gasteiger partial charge in [0.2, 0.25) is 5.91 Å². The van der Waals surface area contributed by atoms with Crippen LogP contribution in [-0.2, 0) is 4.79 Å². The number of carbonyl (C=O) groups is 2. The summed E-state index contributed by atoms with van der Waals surface area (Å²) in [6.07, 6.45) is 0.254. The van der Waals surface area contributed by atoms with Crippen LogP contribution in [0, 0.1) is 0 Å². The van der Waals surface area contributed by atoms with Crippen LogP contribution in [0.15, 0.2) is 78.9 Å². The number of carbonyl (C=O) groups excluding carboxylic acids is 2. The highest BCUT2D eigenvalue weighted by molar-refractivity contribution is 5.97. The van der Waals surface area contributed by atoms with Crippen molar-refractivity contribution in [3.63, 3.8) is 0 Å². The molecule has 7 heteroatoms. The monoisotopic (exact) mass is 431 g/mol. The van der Waals surface area contributed by atoms with Gasteiger partial charge in [-0.3, -0.25) is 4.79 Å². The minimum absolute atomic E-state index is 0.0260. The Kier molecular flexibility index (Phi) is 6.55. The van der Waals surface area contributed by atoms with Crippen LogP contribution in [0.5, 0.6) is 17.2 Å². The quantitative estimate of drug-likeness (QED) is 0.563. The maximum Gasteiger partial charge on any atom is 0.319 e. The second-order valence-corrected chi connectivity index (χ2v) is 7.37.